The van der Waals surface area contributed by atoms with E-state index >= 15 is 0 Å². The molecular weight excluding hydrogens is 260 g/mol. The summed E-state index contributed by atoms with van der Waals surface area (Å²) in [4.78, 5) is 25.5. The number of nitrogens with zero attached hydrogens (tertiary/aromatic N) is 1. The van der Waals surface area contributed by atoms with Crippen LogP contribution < -0.4 is 5.73 Å². The van der Waals surface area contributed by atoms with E-state index < -0.39 is 11.6 Å². The molecule has 1 aliphatic rings. The van der Waals surface area contributed by atoms with Crippen molar-refractivity contribution in [3.8, 4) is 0 Å². The van der Waals surface area contributed by atoms with Gasteiger partial charge >= 0.3 is 12.1 Å². The van der Waals surface area contributed by atoms with Gasteiger partial charge < -0.3 is 20.1 Å². The van der Waals surface area contributed by atoms with Crippen molar-refractivity contribution < 1.29 is 19.1 Å². The van der Waals surface area contributed by atoms with Gasteiger partial charge in [-0.15, -0.1) is 0 Å². The standard InChI is InChI=1S/C14H26N2O4/c1-6-19-12(17)10-7-9(2)16(8-11(10)15)13(18)20-14(3,4)5/h9-11H,6-8,15H2,1-5H3/t9-,10?,11?/m1/s1. The number of esters is 1. The van der Waals surface area contributed by atoms with Crippen molar-refractivity contribution in [3.63, 3.8) is 0 Å². The summed E-state index contributed by atoms with van der Waals surface area (Å²) in [5.74, 6) is -0.640. The highest BCUT2D eigenvalue weighted by Crippen LogP contribution is 2.25. The van der Waals surface area contributed by atoms with E-state index in [2.05, 4.69) is 0 Å². The molecule has 0 spiro atoms. The average Bonchev–Trinajstić information content (AvgIpc) is 2.29. The van der Waals surface area contributed by atoms with Crippen molar-refractivity contribution >= 4 is 12.1 Å². The van der Waals surface area contributed by atoms with Crippen molar-refractivity contribution in [1.29, 1.82) is 0 Å². The molecule has 6 nitrogen and oxygen atoms in total. The molecule has 0 bridgehead atoms. The molecule has 0 aliphatic carbocycles. The van der Waals surface area contributed by atoms with Crippen LogP contribution >= 0.6 is 0 Å². The monoisotopic (exact) mass is 286 g/mol. The molecule has 0 aromatic heterocycles. The summed E-state index contributed by atoms with van der Waals surface area (Å²) in [5, 5.41) is 0. The summed E-state index contributed by atoms with van der Waals surface area (Å²) in [6.45, 7) is 9.76. The van der Waals surface area contributed by atoms with Gasteiger partial charge in [0, 0.05) is 18.6 Å². The van der Waals surface area contributed by atoms with Crippen LogP contribution in [-0.2, 0) is 14.3 Å². The van der Waals surface area contributed by atoms with Crippen LogP contribution in [0.15, 0.2) is 0 Å². The quantitative estimate of drug-likeness (QED) is 0.778. The number of rotatable bonds is 2. The zero-order valence-electron chi connectivity index (χ0n) is 13.0. The Morgan fingerprint density at radius 2 is 1.95 bits per heavy atom. The number of piperidine rings is 1. The molecule has 0 saturated carbocycles. The van der Waals surface area contributed by atoms with Crippen LogP contribution in [-0.4, -0.2) is 47.8 Å². The van der Waals surface area contributed by atoms with Crippen LogP contribution in [0.4, 0.5) is 4.79 Å². The first-order valence-corrected chi connectivity index (χ1v) is 7.07. The van der Waals surface area contributed by atoms with E-state index in [0.29, 0.717) is 19.6 Å². The van der Waals surface area contributed by atoms with Gasteiger partial charge in [-0.25, -0.2) is 4.79 Å². The number of amides is 1. The number of hydrogen-bond donors (Lipinski definition) is 1. The van der Waals surface area contributed by atoms with E-state index in [9.17, 15) is 9.59 Å². The fraction of sp³-hybridized carbons (Fsp3) is 0.857. The Kier molecular flexibility index (Phi) is 5.39. The van der Waals surface area contributed by atoms with Gasteiger partial charge in [-0.3, -0.25) is 4.79 Å². The summed E-state index contributed by atoms with van der Waals surface area (Å²) < 4.78 is 10.4. The SMILES string of the molecule is CCOC(=O)C1C[C@@H](C)N(C(=O)OC(C)(C)C)CC1N. The lowest BCUT2D eigenvalue weighted by atomic mass is 9.88. The minimum absolute atomic E-state index is 0.0981. The molecule has 20 heavy (non-hydrogen) atoms. The molecule has 1 saturated heterocycles. The Morgan fingerprint density at radius 1 is 1.35 bits per heavy atom. The van der Waals surface area contributed by atoms with Gasteiger partial charge in [0.25, 0.3) is 0 Å². The molecule has 1 rings (SSSR count). The number of nitrogens with two attached hydrogens (primary N) is 1. The van der Waals surface area contributed by atoms with E-state index in [4.69, 9.17) is 15.2 Å². The van der Waals surface area contributed by atoms with Gasteiger partial charge in [0.2, 0.25) is 0 Å². The molecular formula is C14H26N2O4. The van der Waals surface area contributed by atoms with Crippen LogP contribution in [0.25, 0.3) is 0 Å². The van der Waals surface area contributed by atoms with Crippen molar-refractivity contribution in [1.82, 2.24) is 4.90 Å². The predicted molar refractivity (Wildman–Crippen MR) is 75.1 cm³/mol. The predicted octanol–water partition coefficient (Wildman–Crippen LogP) is 1.52. The van der Waals surface area contributed by atoms with Crippen LogP contribution in [0.3, 0.4) is 0 Å². The molecule has 2 unspecified atom stereocenters. The molecule has 116 valence electrons. The largest absolute Gasteiger partial charge is 0.466 e. The summed E-state index contributed by atoms with van der Waals surface area (Å²) >= 11 is 0. The number of likely N-dealkylation sites (tertiary alicyclic amines) is 1. The highest BCUT2D eigenvalue weighted by atomic mass is 16.6. The third-order valence-corrected chi connectivity index (χ3v) is 3.27. The van der Waals surface area contributed by atoms with E-state index in [1.165, 1.54) is 0 Å². The highest BCUT2D eigenvalue weighted by molar-refractivity contribution is 5.75. The molecule has 0 radical (unpaired) electrons. The highest BCUT2D eigenvalue weighted by Gasteiger charge is 2.39. The molecule has 2 N–H and O–H groups in total. The maximum atomic E-state index is 12.1. The van der Waals surface area contributed by atoms with Crippen molar-refractivity contribution in [2.75, 3.05) is 13.2 Å². The third-order valence-electron chi connectivity index (χ3n) is 3.27. The van der Waals surface area contributed by atoms with Crippen molar-refractivity contribution in [2.45, 2.75) is 58.7 Å². The normalized spacial score (nSPS) is 27.1. The Bertz CT molecular complexity index is 365. The third kappa shape index (κ3) is 4.37. The van der Waals surface area contributed by atoms with Crippen LogP contribution in [0.1, 0.15) is 41.0 Å². The van der Waals surface area contributed by atoms with E-state index in [0.717, 1.165) is 0 Å². The topological polar surface area (TPSA) is 81.9 Å². The molecule has 1 fully saturated rings. The Morgan fingerprint density at radius 3 is 2.45 bits per heavy atom. The second-order valence-electron chi connectivity index (χ2n) is 6.24. The molecule has 0 aromatic rings. The van der Waals surface area contributed by atoms with E-state index in [1.54, 1.807) is 11.8 Å². The Hall–Kier alpha value is -1.30. The molecule has 0 aromatic carbocycles. The molecule has 6 heteroatoms. The van der Waals surface area contributed by atoms with Crippen LogP contribution in [0.2, 0.25) is 0 Å². The summed E-state index contributed by atoms with van der Waals surface area (Å²) in [6, 6.07) is -0.517. The summed E-state index contributed by atoms with van der Waals surface area (Å²) in [5.41, 5.74) is 5.47. The summed E-state index contributed by atoms with van der Waals surface area (Å²) in [7, 11) is 0. The lowest BCUT2D eigenvalue weighted by Crippen LogP contribution is -2.57. The first-order valence-electron chi connectivity index (χ1n) is 7.07. The minimum atomic E-state index is -0.543. The van der Waals surface area contributed by atoms with Gasteiger partial charge in [0.05, 0.1) is 12.5 Å². The maximum Gasteiger partial charge on any atom is 0.410 e. The number of ether oxygens (including phenoxy) is 2. The average molecular weight is 286 g/mol. The number of carbonyl (C=O) groups excluding carboxylic acids is 2. The summed E-state index contributed by atoms with van der Waals surface area (Å²) in [6.07, 6.45) is 0.113. The molecule has 1 aliphatic heterocycles. The first-order chi connectivity index (χ1) is 9.15. The molecule has 3 atom stereocenters. The van der Waals surface area contributed by atoms with Gasteiger partial charge in [0.15, 0.2) is 0 Å². The Balaban J connectivity index is 2.68. The van der Waals surface area contributed by atoms with Crippen LogP contribution in [0.5, 0.6) is 0 Å². The van der Waals surface area contributed by atoms with Crippen molar-refractivity contribution in [3.05, 3.63) is 0 Å². The fourth-order valence-corrected chi connectivity index (χ4v) is 2.30. The zero-order valence-corrected chi connectivity index (χ0v) is 13.0. The molecule has 1 amide bonds. The second kappa shape index (κ2) is 6.43. The van der Waals surface area contributed by atoms with Crippen molar-refractivity contribution in [2.24, 2.45) is 11.7 Å². The maximum absolute atomic E-state index is 12.1. The lowest BCUT2D eigenvalue weighted by Gasteiger charge is -2.40. The van der Waals surface area contributed by atoms with Gasteiger partial charge in [0.1, 0.15) is 5.60 Å². The smallest absolute Gasteiger partial charge is 0.410 e. The fourth-order valence-electron chi connectivity index (χ4n) is 2.30. The minimum Gasteiger partial charge on any atom is -0.466 e. The van der Waals surface area contributed by atoms with Gasteiger partial charge in [-0.2, -0.15) is 0 Å². The van der Waals surface area contributed by atoms with Gasteiger partial charge in [-0.05, 0) is 41.0 Å². The first kappa shape index (κ1) is 16.8. The molecule has 1 heterocycles. The Labute approximate surface area is 120 Å². The van der Waals surface area contributed by atoms with Crippen LogP contribution in [0, 0.1) is 5.92 Å². The second-order valence-corrected chi connectivity index (χ2v) is 6.24. The van der Waals surface area contributed by atoms with E-state index in [1.807, 2.05) is 27.7 Å². The number of carbonyl (C=O) groups is 2. The zero-order chi connectivity index (χ0) is 15.5. The van der Waals surface area contributed by atoms with Gasteiger partial charge in [-0.1, -0.05) is 0 Å². The lowest BCUT2D eigenvalue weighted by molar-refractivity contribution is -0.151. The number of hydrogen-bond acceptors (Lipinski definition) is 5. The van der Waals surface area contributed by atoms with E-state index in [-0.39, 0.29) is 24.0 Å².